The number of aliphatic hydroxyl groups is 5. The van der Waals surface area contributed by atoms with Crippen LogP contribution < -0.4 is 60.5 Å². The summed E-state index contributed by atoms with van der Waals surface area (Å²) in [4.78, 5) is 150. The smallest absolute Gasteiger partial charge is 0.416 e. The van der Waals surface area contributed by atoms with Crippen molar-refractivity contribution in [2.75, 3.05) is 87.7 Å². The Labute approximate surface area is 623 Å². The zero-order valence-electron chi connectivity index (χ0n) is 60.1. The number of aliphatic carboxylic acids is 1. The van der Waals surface area contributed by atoms with Gasteiger partial charge in [0.25, 0.3) is 23.6 Å². The van der Waals surface area contributed by atoms with Crippen molar-refractivity contribution in [1.29, 1.82) is 0 Å². The van der Waals surface area contributed by atoms with Crippen LogP contribution in [-0.4, -0.2) is 245 Å². The number of methoxy groups -OCH3 is 2. The maximum absolute atomic E-state index is 14.4. The second-order valence-corrected chi connectivity index (χ2v) is 26.7. The number of carbonyl (C=O) groups is 11. The second-order valence-electron chi connectivity index (χ2n) is 26.7. The number of rotatable bonds is 30. The van der Waals surface area contributed by atoms with Gasteiger partial charge in [0.15, 0.2) is 41.6 Å². The lowest BCUT2D eigenvalue weighted by molar-refractivity contribution is -0.271. The molecule has 109 heavy (non-hydrogen) atoms. The highest BCUT2D eigenvalue weighted by atomic mass is 16.7. The highest BCUT2D eigenvalue weighted by Crippen LogP contribution is 2.45. The number of benzene rings is 4. The van der Waals surface area contributed by atoms with Gasteiger partial charge in [-0.05, 0) is 73.2 Å². The molecule has 4 aromatic carbocycles. The fraction of sp³-hybridized carbons (Fsp3) is 0.438. The Hall–Kier alpha value is -11.4. The minimum absolute atomic E-state index is 0.0233. The Balaban J connectivity index is 0.740. The molecule has 10 amide bonds. The summed E-state index contributed by atoms with van der Waals surface area (Å²) in [5.41, 5.74) is 8.12. The summed E-state index contributed by atoms with van der Waals surface area (Å²) in [6.07, 6.45) is -12.6. The molecule has 0 bridgehead atoms. The number of hydrogen-bond acceptors (Lipinski definition) is 26. The molecule has 36 heteroatoms. The van der Waals surface area contributed by atoms with E-state index in [1.54, 1.807) is 26.0 Å². The third-order valence-electron chi connectivity index (χ3n) is 18.7. The summed E-state index contributed by atoms with van der Waals surface area (Å²) in [6.45, 7) is 12.1. The highest BCUT2D eigenvalue weighted by Gasteiger charge is 2.50. The summed E-state index contributed by atoms with van der Waals surface area (Å²) in [7, 11) is 2.68. The monoisotopic (exact) mass is 1520 g/mol. The summed E-state index contributed by atoms with van der Waals surface area (Å²) in [5.74, 6) is -6.15. The molecule has 0 aromatic heterocycles. The lowest BCUT2D eigenvalue weighted by Crippen LogP contribution is -2.61. The van der Waals surface area contributed by atoms with Crippen LogP contribution in [0.5, 0.6) is 28.7 Å². The van der Waals surface area contributed by atoms with Gasteiger partial charge in [0.05, 0.1) is 80.9 Å². The minimum Gasteiger partial charge on any atom is -0.493 e. The van der Waals surface area contributed by atoms with E-state index in [1.807, 2.05) is 0 Å². The van der Waals surface area contributed by atoms with Crippen LogP contribution in [0.2, 0.25) is 0 Å². The third kappa shape index (κ3) is 18.4. The number of fused-ring (bicyclic) bond motifs is 4. The van der Waals surface area contributed by atoms with Crippen molar-refractivity contribution in [1.82, 2.24) is 30.7 Å². The average molecular weight is 1520 g/mol. The number of nitrogens with two attached hydrogens (primary N) is 1. The fourth-order valence-corrected chi connectivity index (χ4v) is 12.9. The summed E-state index contributed by atoms with van der Waals surface area (Å²) in [5, 5.41) is 75.0. The predicted octanol–water partition coefficient (Wildman–Crippen LogP) is 1.32. The van der Waals surface area contributed by atoms with E-state index in [1.165, 1.54) is 85.5 Å². The van der Waals surface area contributed by atoms with Crippen LogP contribution in [0.15, 0.2) is 103 Å². The van der Waals surface area contributed by atoms with E-state index in [2.05, 4.69) is 34.4 Å². The molecule has 36 nitrogen and oxygen atoms in total. The first kappa shape index (κ1) is 80.1. The van der Waals surface area contributed by atoms with Crippen LogP contribution >= 0.6 is 0 Å². The molecule has 11 atom stereocenters. The number of nitrogen functional groups attached to an aromatic ring is 1. The second kappa shape index (κ2) is 35.1. The Bertz CT molecular complexity index is 4210. The van der Waals surface area contributed by atoms with Gasteiger partial charge in [-0.1, -0.05) is 56.4 Å². The van der Waals surface area contributed by atoms with Crippen LogP contribution in [0.4, 0.5) is 32.3 Å². The summed E-state index contributed by atoms with van der Waals surface area (Å²) in [6, 6.07) is 11.7. The Morgan fingerprint density at radius 3 is 1.69 bits per heavy atom. The molecule has 6 aliphatic heterocycles. The summed E-state index contributed by atoms with van der Waals surface area (Å²) >= 11 is 0. The van der Waals surface area contributed by atoms with Crippen molar-refractivity contribution >= 4 is 88.2 Å². The van der Waals surface area contributed by atoms with Crippen molar-refractivity contribution in [3.63, 3.8) is 0 Å². The van der Waals surface area contributed by atoms with Gasteiger partial charge in [0, 0.05) is 75.4 Å². The first-order valence-corrected chi connectivity index (χ1v) is 34.7. The van der Waals surface area contributed by atoms with Gasteiger partial charge in [-0.25, -0.2) is 24.2 Å². The molecule has 0 spiro atoms. The molecular weight excluding hydrogens is 1430 g/mol. The molecule has 584 valence electrons. The Kier molecular flexibility index (Phi) is 25.8. The number of imide groups is 1. The molecule has 3 saturated heterocycles. The number of anilines is 4. The predicted molar refractivity (Wildman–Crippen MR) is 380 cm³/mol. The summed E-state index contributed by atoms with van der Waals surface area (Å²) < 4.78 is 51.6. The van der Waals surface area contributed by atoms with Crippen molar-refractivity contribution < 1.29 is 126 Å². The lowest BCUT2D eigenvalue weighted by atomic mass is 9.99. The molecule has 12 N–H and O–H groups in total. The molecule has 0 saturated carbocycles. The minimum atomic E-state index is -1.97. The van der Waals surface area contributed by atoms with Crippen LogP contribution in [0.1, 0.15) is 84.7 Å². The highest BCUT2D eigenvalue weighted by molar-refractivity contribution is 6.13. The van der Waals surface area contributed by atoms with E-state index in [-0.39, 0.29) is 160 Å². The van der Waals surface area contributed by atoms with Crippen molar-refractivity contribution in [2.24, 2.45) is 5.92 Å². The van der Waals surface area contributed by atoms with Crippen LogP contribution in [0, 0.1) is 5.92 Å². The van der Waals surface area contributed by atoms with Crippen LogP contribution in [0.25, 0.3) is 0 Å². The SMILES string of the molecule is C=C1C[C@H]2[C@H](O)N(C(=O)OCc3ccc(NC(=O)[C@H](C)NC(=O)[C@@H](NC(=O)CCOCCNC(=O)CCN4C(=O)C=CC4=O)C(C)C)cc3)c3cc(OCCCOc4cc5c(cc4OC)C(=O)N4CC(=C)C[C@H]4[C@H](O)N5C(=O)OCc4ccc(O[C@@H]5O[C@H](C(=O)O)C(O)[C@H](O)C5O)c(N)c4)c(OC)cc3C(=O)N2C1. The van der Waals surface area contributed by atoms with Gasteiger partial charge in [0.2, 0.25) is 29.9 Å². The molecule has 10 rings (SSSR count). The third-order valence-corrected chi connectivity index (χ3v) is 18.7. The van der Waals surface area contributed by atoms with E-state index in [0.29, 0.717) is 22.4 Å². The number of nitrogens with zero attached hydrogens (tertiary/aromatic N) is 5. The van der Waals surface area contributed by atoms with E-state index < -0.39 is 139 Å². The van der Waals surface area contributed by atoms with Gasteiger partial charge in [-0.3, -0.25) is 43.3 Å². The standard InChI is InChI=1S/C73H86N10O26/c1-36(2)59(78-56(85)18-23-103-24-19-75-55(84)17-20-79-57(86)15-16-58(79)87)65(92)76-39(5)64(91)77-42-12-9-40(10-13-42)34-106-72(99)82-46-30-53(51(101-6)28-43(46)66(93)80-32-37(3)25-48(80)68(82)95)104-21-8-22-105-54-31-47-44(29-52(54)102-7)67(94)81-33-38(4)26-49(81)69(96)83(47)73(100)107-35-41-11-14-50(45(74)27-41)108-71-62(90)60(88)61(89)63(109-71)70(97)98/h9-16,27-31,36,39,48-49,59-63,68-69,71,88-90,95-96H,3-4,8,17-26,32-35,74H2,1-2,5-7H3,(H,75,84)(H,76,92)(H,77,91)(H,78,85)(H,97,98)/t39-,48-,49-,59-,60-,61?,62?,63-,68-,69-,71+/m0/s1. The molecule has 4 aromatic rings. The number of nitrogens with one attached hydrogen (secondary N) is 4. The number of carboxylic acid groups (broad SMARTS) is 1. The number of carboxylic acids is 1. The first-order valence-electron chi connectivity index (χ1n) is 34.7. The van der Waals surface area contributed by atoms with Gasteiger partial charge in [0.1, 0.15) is 49.4 Å². The van der Waals surface area contributed by atoms with Gasteiger partial charge >= 0.3 is 18.2 Å². The number of amides is 10. The lowest BCUT2D eigenvalue weighted by Gasteiger charge is -2.38. The number of aliphatic hydroxyl groups excluding tert-OH is 5. The van der Waals surface area contributed by atoms with E-state index in [9.17, 15) is 83.4 Å². The quantitative estimate of drug-likeness (QED) is 0.0152. The molecule has 0 aliphatic carbocycles. The zero-order valence-corrected chi connectivity index (χ0v) is 60.1. The average Bonchev–Trinajstić information content (AvgIpc) is 1.64. The number of ether oxygens (including phenoxy) is 9. The molecular formula is C73H86N10O26. The van der Waals surface area contributed by atoms with Gasteiger partial charge in [-0.2, -0.15) is 0 Å². The topological polar surface area (TPSA) is 483 Å². The molecule has 6 heterocycles. The van der Waals surface area contributed by atoms with Crippen molar-refractivity contribution in [2.45, 2.75) is 133 Å². The molecule has 2 unspecified atom stereocenters. The van der Waals surface area contributed by atoms with Crippen LogP contribution in [-0.2, 0) is 65.7 Å². The molecule has 3 fully saturated rings. The maximum atomic E-state index is 14.4. The molecule has 6 aliphatic rings. The first-order chi connectivity index (χ1) is 52.0. The van der Waals surface area contributed by atoms with Crippen molar-refractivity contribution in [3.8, 4) is 28.7 Å². The van der Waals surface area contributed by atoms with E-state index in [0.717, 1.165) is 26.9 Å². The van der Waals surface area contributed by atoms with Crippen LogP contribution in [0.3, 0.4) is 0 Å². The number of carbonyl (C=O) groups excluding carboxylic acids is 10. The van der Waals surface area contributed by atoms with E-state index in [4.69, 9.17) is 48.4 Å². The fourth-order valence-electron chi connectivity index (χ4n) is 12.9. The Morgan fingerprint density at radius 2 is 1.17 bits per heavy atom. The Morgan fingerprint density at radius 1 is 0.624 bits per heavy atom. The molecule has 0 radical (unpaired) electrons. The van der Waals surface area contributed by atoms with E-state index >= 15 is 0 Å². The van der Waals surface area contributed by atoms with Gasteiger partial charge < -0.3 is 110 Å². The normalized spacial score (nSPS) is 22.0. The largest absolute Gasteiger partial charge is 0.493 e. The zero-order chi connectivity index (χ0) is 78.8. The maximum Gasteiger partial charge on any atom is 0.416 e. The van der Waals surface area contributed by atoms with Crippen molar-refractivity contribution in [3.05, 3.63) is 125 Å². The number of hydrogen-bond donors (Lipinski definition) is 11. The van der Waals surface area contributed by atoms with Gasteiger partial charge in [-0.15, -0.1) is 0 Å².